The number of unbranched alkanes of at least 4 members (excludes halogenated alkanes) is 1. The van der Waals surface area contributed by atoms with E-state index in [0.29, 0.717) is 25.0 Å². The van der Waals surface area contributed by atoms with Crippen LogP contribution in [0.25, 0.3) is 0 Å². The summed E-state index contributed by atoms with van der Waals surface area (Å²) >= 11 is 12.9. The lowest BCUT2D eigenvalue weighted by molar-refractivity contribution is 0.0498. The number of ether oxygens (including phenoxy) is 1. The molecule has 0 aromatic heterocycles. The highest BCUT2D eigenvalue weighted by Crippen LogP contribution is 2.30. The predicted molar refractivity (Wildman–Crippen MR) is 114 cm³/mol. The molecule has 0 bridgehead atoms. The molecule has 2 aromatic carbocycles. The third kappa shape index (κ3) is 7.92. The summed E-state index contributed by atoms with van der Waals surface area (Å²) in [5.74, 6) is -0.312. The Labute approximate surface area is 177 Å². The average molecular weight is 418 g/mol. The molecule has 0 heterocycles. The van der Waals surface area contributed by atoms with Crippen molar-refractivity contribution >= 4 is 29.2 Å². The molecular weight excluding hydrogens is 393 g/mol. The van der Waals surface area contributed by atoms with Gasteiger partial charge in [-0.05, 0) is 56.2 Å². The Bertz CT molecular complexity index is 761. The van der Waals surface area contributed by atoms with E-state index in [0.717, 1.165) is 31.2 Å². The van der Waals surface area contributed by atoms with Gasteiger partial charge in [0.1, 0.15) is 4.87 Å². The van der Waals surface area contributed by atoms with Crippen LogP contribution in [0.2, 0.25) is 0 Å². The Morgan fingerprint density at radius 1 is 1.07 bits per heavy atom. The van der Waals surface area contributed by atoms with Gasteiger partial charge in [-0.1, -0.05) is 48.5 Å². The van der Waals surface area contributed by atoms with Gasteiger partial charge in [-0.15, -0.1) is 23.2 Å². The van der Waals surface area contributed by atoms with Gasteiger partial charge in [0.15, 0.2) is 0 Å². The van der Waals surface area contributed by atoms with Gasteiger partial charge in [-0.2, -0.15) is 5.26 Å². The van der Waals surface area contributed by atoms with E-state index in [1.54, 1.807) is 24.3 Å². The summed E-state index contributed by atoms with van der Waals surface area (Å²) < 4.78 is 5.26. The Balaban J connectivity index is 1.65. The Morgan fingerprint density at radius 2 is 1.71 bits per heavy atom. The van der Waals surface area contributed by atoms with Crippen LogP contribution in [0.1, 0.15) is 48.0 Å². The highest BCUT2D eigenvalue weighted by molar-refractivity contribution is 6.27. The fourth-order valence-corrected chi connectivity index (χ4v) is 3.71. The van der Waals surface area contributed by atoms with Crippen LogP contribution in [-0.4, -0.2) is 22.8 Å². The Morgan fingerprint density at radius 3 is 2.36 bits per heavy atom. The number of halogens is 2. The van der Waals surface area contributed by atoms with Gasteiger partial charge in [0, 0.05) is 5.38 Å². The van der Waals surface area contributed by atoms with Crippen LogP contribution in [0.15, 0.2) is 60.7 Å². The first kappa shape index (κ1) is 22.3. The third-order valence-corrected chi connectivity index (χ3v) is 5.35. The first-order chi connectivity index (χ1) is 13.5. The van der Waals surface area contributed by atoms with Crippen LogP contribution in [-0.2, 0) is 11.2 Å². The highest BCUT2D eigenvalue weighted by atomic mass is 35.5. The number of nitrogens with zero attached hydrogens (tertiary/aromatic N) is 1. The largest absolute Gasteiger partial charge is 0.462 e. The van der Waals surface area contributed by atoms with Crippen molar-refractivity contribution in [1.29, 1.82) is 5.26 Å². The minimum Gasteiger partial charge on any atom is -0.462 e. The number of alkyl halides is 2. The van der Waals surface area contributed by atoms with E-state index in [2.05, 4.69) is 6.07 Å². The van der Waals surface area contributed by atoms with E-state index in [1.165, 1.54) is 0 Å². The van der Waals surface area contributed by atoms with Crippen molar-refractivity contribution < 1.29 is 9.53 Å². The summed E-state index contributed by atoms with van der Waals surface area (Å²) in [5.41, 5.74) is 1.71. The molecule has 2 rings (SSSR count). The first-order valence-corrected chi connectivity index (χ1v) is 10.3. The third-order valence-electron chi connectivity index (χ3n) is 4.55. The van der Waals surface area contributed by atoms with Crippen molar-refractivity contribution in [3.63, 3.8) is 0 Å². The van der Waals surface area contributed by atoms with Gasteiger partial charge in [-0.3, -0.25) is 0 Å². The molecule has 28 heavy (non-hydrogen) atoms. The second-order valence-electron chi connectivity index (χ2n) is 6.86. The molecule has 0 fully saturated rings. The minimum absolute atomic E-state index is 0.183. The standard InChI is InChI=1S/C23H25Cl2NO2/c24-21(13-7-8-16-28-22(27)20-11-5-2-6-12-20)17-23(25,18-26)15-14-19-9-3-1-4-10-19/h1-6,9-12,21H,7-8,13-17H2. The smallest absolute Gasteiger partial charge is 0.338 e. The summed E-state index contributed by atoms with van der Waals surface area (Å²) in [6.07, 6.45) is 4.01. The molecule has 2 unspecified atom stereocenters. The molecule has 0 aliphatic heterocycles. The molecule has 0 amide bonds. The predicted octanol–water partition coefficient (Wildman–Crippen LogP) is 6.15. The molecule has 0 N–H and O–H groups in total. The fraction of sp³-hybridized carbons (Fsp3) is 0.391. The molecule has 0 saturated carbocycles. The maximum absolute atomic E-state index is 11.9. The Kier molecular flexibility index (Phi) is 9.34. The number of carbonyl (C=O) groups excluding carboxylic acids is 1. The van der Waals surface area contributed by atoms with E-state index < -0.39 is 4.87 Å². The lowest BCUT2D eigenvalue weighted by atomic mass is 9.94. The first-order valence-electron chi connectivity index (χ1n) is 9.53. The van der Waals surface area contributed by atoms with Gasteiger partial charge in [-0.25, -0.2) is 4.79 Å². The van der Waals surface area contributed by atoms with Crippen molar-refractivity contribution in [3.05, 3.63) is 71.8 Å². The van der Waals surface area contributed by atoms with Crippen LogP contribution in [0, 0.1) is 11.3 Å². The highest BCUT2D eigenvalue weighted by Gasteiger charge is 2.29. The second-order valence-corrected chi connectivity index (χ2v) is 8.20. The van der Waals surface area contributed by atoms with Crippen LogP contribution in [0.5, 0.6) is 0 Å². The molecule has 2 aromatic rings. The number of hydrogen-bond acceptors (Lipinski definition) is 3. The summed E-state index contributed by atoms with van der Waals surface area (Å²) in [6, 6.07) is 21.1. The minimum atomic E-state index is -0.956. The van der Waals surface area contributed by atoms with Crippen molar-refractivity contribution in [2.24, 2.45) is 0 Å². The summed E-state index contributed by atoms with van der Waals surface area (Å²) in [5, 5.41) is 9.31. The number of benzene rings is 2. The second kappa shape index (κ2) is 11.7. The molecule has 0 aliphatic carbocycles. The van der Waals surface area contributed by atoms with Gasteiger partial charge < -0.3 is 4.74 Å². The number of hydrogen-bond donors (Lipinski definition) is 0. The van der Waals surface area contributed by atoms with Crippen LogP contribution >= 0.6 is 23.2 Å². The Hall–Kier alpha value is -2.02. The quantitative estimate of drug-likeness (QED) is 0.250. The van der Waals surface area contributed by atoms with Crippen molar-refractivity contribution in [1.82, 2.24) is 0 Å². The zero-order chi connectivity index (χ0) is 20.2. The molecule has 0 radical (unpaired) electrons. The van der Waals surface area contributed by atoms with Gasteiger partial charge in [0.2, 0.25) is 0 Å². The van der Waals surface area contributed by atoms with E-state index >= 15 is 0 Å². The normalized spacial score (nSPS) is 13.9. The number of nitriles is 1. The lowest BCUT2D eigenvalue weighted by Crippen LogP contribution is -2.24. The average Bonchev–Trinajstić information content (AvgIpc) is 2.73. The van der Waals surface area contributed by atoms with Crippen molar-refractivity contribution in [2.75, 3.05) is 6.61 Å². The lowest BCUT2D eigenvalue weighted by Gasteiger charge is -2.22. The molecule has 0 aliphatic rings. The monoisotopic (exact) mass is 417 g/mol. The zero-order valence-corrected chi connectivity index (χ0v) is 17.3. The van der Waals surface area contributed by atoms with E-state index in [9.17, 15) is 10.1 Å². The number of esters is 1. The van der Waals surface area contributed by atoms with Crippen LogP contribution in [0.4, 0.5) is 0 Å². The summed E-state index contributed by atoms with van der Waals surface area (Å²) in [7, 11) is 0. The van der Waals surface area contributed by atoms with E-state index in [4.69, 9.17) is 27.9 Å². The van der Waals surface area contributed by atoms with Gasteiger partial charge in [0.05, 0.1) is 18.2 Å². The molecular formula is C23H25Cl2NO2. The number of carbonyl (C=O) groups is 1. The number of rotatable bonds is 11. The molecule has 148 valence electrons. The summed E-state index contributed by atoms with van der Waals surface area (Å²) in [4.78, 5) is 10.9. The van der Waals surface area contributed by atoms with E-state index in [1.807, 2.05) is 36.4 Å². The SMILES string of the molecule is N#CC(Cl)(CCc1ccccc1)CC(Cl)CCCCOC(=O)c1ccccc1. The topological polar surface area (TPSA) is 50.1 Å². The molecule has 0 saturated heterocycles. The van der Waals surface area contributed by atoms with Crippen LogP contribution in [0.3, 0.4) is 0 Å². The molecule has 3 nitrogen and oxygen atoms in total. The molecule has 5 heteroatoms. The van der Waals surface area contributed by atoms with Crippen LogP contribution < -0.4 is 0 Å². The maximum Gasteiger partial charge on any atom is 0.338 e. The van der Waals surface area contributed by atoms with Gasteiger partial charge in [0.25, 0.3) is 0 Å². The fourth-order valence-electron chi connectivity index (χ4n) is 2.93. The molecule has 2 atom stereocenters. The van der Waals surface area contributed by atoms with Crippen molar-refractivity contribution in [3.8, 4) is 6.07 Å². The maximum atomic E-state index is 11.9. The van der Waals surface area contributed by atoms with E-state index in [-0.39, 0.29) is 11.3 Å². The van der Waals surface area contributed by atoms with Crippen molar-refractivity contribution in [2.45, 2.75) is 48.8 Å². The number of aryl methyl sites for hydroxylation is 1. The van der Waals surface area contributed by atoms with Gasteiger partial charge >= 0.3 is 5.97 Å². The molecule has 0 spiro atoms. The summed E-state index contributed by atoms with van der Waals surface area (Å²) in [6.45, 7) is 0.357. The zero-order valence-electron chi connectivity index (χ0n) is 15.8.